The van der Waals surface area contributed by atoms with Crippen molar-refractivity contribution in [2.24, 2.45) is 17.8 Å². The lowest BCUT2D eigenvalue weighted by molar-refractivity contribution is -0.161. The first-order valence-corrected chi connectivity index (χ1v) is 4.92. The van der Waals surface area contributed by atoms with Gasteiger partial charge in [-0.3, -0.25) is 4.79 Å². The number of Topliss-reactive ketones (excluding diaryl/α,β-unsaturated/α-hetero) is 1. The van der Waals surface area contributed by atoms with Crippen LogP contribution in [-0.4, -0.2) is 16.5 Å². The van der Waals surface area contributed by atoms with Crippen LogP contribution < -0.4 is 0 Å². The minimum Gasteiger partial charge on any atom is -0.390 e. The van der Waals surface area contributed by atoms with E-state index >= 15 is 0 Å². The number of carbonyl (C=O) groups is 1. The van der Waals surface area contributed by atoms with E-state index in [0.717, 1.165) is 32.1 Å². The van der Waals surface area contributed by atoms with Gasteiger partial charge in [0.2, 0.25) is 0 Å². The second kappa shape index (κ2) is 1.92. The van der Waals surface area contributed by atoms with E-state index in [-0.39, 0.29) is 11.8 Å². The molecular formula is C10H14O2. The lowest BCUT2D eigenvalue weighted by Crippen LogP contribution is -2.54. The number of aliphatic hydroxyl groups is 1. The maximum atomic E-state index is 11.6. The summed E-state index contributed by atoms with van der Waals surface area (Å²) >= 11 is 0. The standard InChI is InChI=1S/C10H14O2/c11-9-7-1-6-2-8(9)5-10(12,3-6)4-7/h6-8,12H,1-5H2/t6?,7-,8?,10?/m1/s1. The second-order valence-electron chi connectivity index (χ2n) is 4.97. The van der Waals surface area contributed by atoms with Crippen LogP contribution >= 0.6 is 0 Å². The SMILES string of the molecule is O=C1C2CC3C[C@@H]1CC(O)(C3)C2. The Bertz CT molecular complexity index is 228. The molecule has 0 aromatic heterocycles. The fourth-order valence-electron chi connectivity index (χ4n) is 3.71. The Hall–Kier alpha value is -0.370. The Balaban J connectivity index is 2.00. The molecule has 66 valence electrons. The van der Waals surface area contributed by atoms with Crippen LogP contribution in [0.3, 0.4) is 0 Å². The van der Waals surface area contributed by atoms with E-state index in [1.165, 1.54) is 0 Å². The molecule has 4 fully saturated rings. The van der Waals surface area contributed by atoms with Gasteiger partial charge in [-0.1, -0.05) is 0 Å². The highest BCUT2D eigenvalue weighted by molar-refractivity contribution is 5.85. The van der Waals surface area contributed by atoms with Crippen molar-refractivity contribution in [3.8, 4) is 0 Å². The number of hydrogen-bond acceptors (Lipinski definition) is 2. The van der Waals surface area contributed by atoms with Crippen molar-refractivity contribution in [2.75, 3.05) is 0 Å². The maximum absolute atomic E-state index is 11.6. The molecule has 4 atom stereocenters. The van der Waals surface area contributed by atoms with Crippen molar-refractivity contribution in [1.29, 1.82) is 0 Å². The first-order valence-electron chi connectivity index (χ1n) is 4.92. The fraction of sp³-hybridized carbons (Fsp3) is 0.900. The lowest BCUT2D eigenvalue weighted by atomic mass is 9.54. The van der Waals surface area contributed by atoms with E-state index in [0.29, 0.717) is 11.7 Å². The molecule has 0 spiro atoms. The third kappa shape index (κ3) is 0.764. The number of carbonyl (C=O) groups excluding carboxylic acids is 1. The molecule has 3 unspecified atom stereocenters. The van der Waals surface area contributed by atoms with E-state index in [1.807, 2.05) is 0 Å². The first-order chi connectivity index (χ1) is 5.66. The fourth-order valence-corrected chi connectivity index (χ4v) is 3.71. The van der Waals surface area contributed by atoms with E-state index < -0.39 is 5.60 Å². The zero-order valence-corrected chi connectivity index (χ0v) is 7.12. The Morgan fingerprint density at radius 2 is 1.75 bits per heavy atom. The average molecular weight is 166 g/mol. The molecule has 0 heterocycles. The summed E-state index contributed by atoms with van der Waals surface area (Å²) in [6.45, 7) is 0. The monoisotopic (exact) mass is 166 g/mol. The Morgan fingerprint density at radius 1 is 1.17 bits per heavy atom. The summed E-state index contributed by atoms with van der Waals surface area (Å²) in [6.07, 6.45) is 4.63. The molecule has 4 rings (SSSR count). The molecular weight excluding hydrogens is 152 g/mol. The summed E-state index contributed by atoms with van der Waals surface area (Å²) in [6, 6.07) is 0. The molecule has 2 heteroatoms. The van der Waals surface area contributed by atoms with Gasteiger partial charge >= 0.3 is 0 Å². The zero-order chi connectivity index (χ0) is 8.34. The van der Waals surface area contributed by atoms with Crippen LogP contribution in [-0.2, 0) is 4.79 Å². The minimum atomic E-state index is -0.440. The van der Waals surface area contributed by atoms with Gasteiger partial charge in [0.05, 0.1) is 5.60 Å². The predicted molar refractivity (Wildman–Crippen MR) is 43.5 cm³/mol. The molecule has 0 saturated heterocycles. The van der Waals surface area contributed by atoms with Gasteiger partial charge in [0.1, 0.15) is 5.78 Å². The smallest absolute Gasteiger partial charge is 0.139 e. The Morgan fingerprint density at radius 3 is 2.25 bits per heavy atom. The average Bonchev–Trinajstić information content (AvgIpc) is 1.96. The summed E-state index contributed by atoms with van der Waals surface area (Å²) in [5, 5.41) is 10.1. The summed E-state index contributed by atoms with van der Waals surface area (Å²) in [4.78, 5) is 11.6. The third-order valence-electron chi connectivity index (χ3n) is 3.96. The molecule has 0 aliphatic heterocycles. The van der Waals surface area contributed by atoms with Crippen LogP contribution in [0.1, 0.15) is 32.1 Å². The summed E-state index contributed by atoms with van der Waals surface area (Å²) in [5.41, 5.74) is -0.440. The highest BCUT2D eigenvalue weighted by Gasteiger charge is 2.54. The van der Waals surface area contributed by atoms with Crippen LogP contribution in [0.5, 0.6) is 0 Å². The molecule has 1 N–H and O–H groups in total. The van der Waals surface area contributed by atoms with Crippen LogP contribution in [0.4, 0.5) is 0 Å². The van der Waals surface area contributed by atoms with Gasteiger partial charge < -0.3 is 5.11 Å². The summed E-state index contributed by atoms with van der Waals surface area (Å²) in [5.74, 6) is 1.56. The van der Waals surface area contributed by atoms with Crippen LogP contribution in [0.2, 0.25) is 0 Å². The number of ketones is 1. The van der Waals surface area contributed by atoms with E-state index in [1.54, 1.807) is 0 Å². The maximum Gasteiger partial charge on any atom is 0.139 e. The summed E-state index contributed by atoms with van der Waals surface area (Å²) < 4.78 is 0. The lowest BCUT2D eigenvalue weighted by Gasteiger charge is -2.53. The van der Waals surface area contributed by atoms with Crippen LogP contribution in [0.15, 0.2) is 0 Å². The number of rotatable bonds is 0. The second-order valence-corrected chi connectivity index (χ2v) is 4.97. The normalized spacial score (nSPS) is 56.4. The van der Waals surface area contributed by atoms with Gasteiger partial charge in [-0.05, 0) is 38.0 Å². The van der Waals surface area contributed by atoms with Crippen molar-refractivity contribution >= 4 is 5.78 Å². The molecule has 0 aromatic rings. The van der Waals surface area contributed by atoms with Gasteiger partial charge in [-0.2, -0.15) is 0 Å². The minimum absolute atomic E-state index is 0.223. The predicted octanol–water partition coefficient (Wildman–Crippen LogP) is 1.13. The Labute approximate surface area is 72.0 Å². The van der Waals surface area contributed by atoms with Gasteiger partial charge in [-0.15, -0.1) is 0 Å². The Kier molecular flexibility index (Phi) is 1.13. The highest BCUT2D eigenvalue weighted by atomic mass is 16.3. The molecule has 12 heavy (non-hydrogen) atoms. The molecule has 0 radical (unpaired) electrons. The van der Waals surface area contributed by atoms with Gasteiger partial charge in [0.15, 0.2) is 0 Å². The zero-order valence-electron chi connectivity index (χ0n) is 7.12. The van der Waals surface area contributed by atoms with E-state index in [4.69, 9.17) is 0 Å². The molecule has 4 aliphatic rings. The van der Waals surface area contributed by atoms with Gasteiger partial charge in [0, 0.05) is 11.8 Å². The quantitative estimate of drug-likeness (QED) is 0.585. The van der Waals surface area contributed by atoms with Crippen molar-refractivity contribution in [3.63, 3.8) is 0 Å². The third-order valence-corrected chi connectivity index (χ3v) is 3.96. The molecule has 0 aromatic carbocycles. The van der Waals surface area contributed by atoms with E-state index in [2.05, 4.69) is 0 Å². The molecule has 4 aliphatic carbocycles. The number of hydrogen-bond donors (Lipinski definition) is 1. The van der Waals surface area contributed by atoms with Crippen molar-refractivity contribution in [3.05, 3.63) is 0 Å². The summed E-state index contributed by atoms with van der Waals surface area (Å²) in [7, 11) is 0. The highest BCUT2D eigenvalue weighted by Crippen LogP contribution is 2.53. The molecule has 2 nitrogen and oxygen atoms in total. The van der Waals surface area contributed by atoms with Gasteiger partial charge in [-0.25, -0.2) is 0 Å². The first kappa shape index (κ1) is 7.07. The van der Waals surface area contributed by atoms with Crippen molar-refractivity contribution < 1.29 is 9.90 Å². The molecule has 0 amide bonds. The van der Waals surface area contributed by atoms with E-state index in [9.17, 15) is 9.90 Å². The molecule has 4 bridgehead atoms. The van der Waals surface area contributed by atoms with Crippen LogP contribution in [0.25, 0.3) is 0 Å². The topological polar surface area (TPSA) is 37.3 Å². The van der Waals surface area contributed by atoms with Crippen LogP contribution in [0, 0.1) is 17.8 Å². The van der Waals surface area contributed by atoms with Gasteiger partial charge in [0.25, 0.3) is 0 Å². The van der Waals surface area contributed by atoms with Crippen molar-refractivity contribution in [1.82, 2.24) is 0 Å². The molecule has 4 saturated carbocycles. The van der Waals surface area contributed by atoms with Crippen molar-refractivity contribution in [2.45, 2.75) is 37.7 Å². The largest absolute Gasteiger partial charge is 0.390 e.